The number of aryl methyl sites for hydroxylation is 4. The predicted octanol–water partition coefficient (Wildman–Crippen LogP) is 6.62. The fourth-order valence-electron chi connectivity index (χ4n) is 3.89. The van der Waals surface area contributed by atoms with Gasteiger partial charge in [0.25, 0.3) is 11.8 Å². The van der Waals surface area contributed by atoms with Gasteiger partial charge in [0.1, 0.15) is 5.70 Å². The van der Waals surface area contributed by atoms with Crippen LogP contribution in [-0.2, 0) is 9.59 Å². The van der Waals surface area contributed by atoms with E-state index in [9.17, 15) is 9.59 Å². The molecule has 162 valence electrons. The zero-order valence-electron chi connectivity index (χ0n) is 18.2. The predicted molar refractivity (Wildman–Crippen MR) is 131 cm³/mol. The standard InChI is InChI=1S/C26H22Cl2N2O2/c1-14-5-9-20(16(3)11-14)23-24(29-19-8-6-15(2)21(28)13-19)26(32)30(25(23)31)22-10-7-18(27)12-17(22)4/h5-13,29H,1-4H3. The molecule has 1 aliphatic heterocycles. The molecule has 3 aromatic carbocycles. The number of anilines is 2. The van der Waals surface area contributed by atoms with E-state index in [0.29, 0.717) is 32.6 Å². The molecule has 32 heavy (non-hydrogen) atoms. The molecule has 4 rings (SSSR count). The highest BCUT2D eigenvalue weighted by molar-refractivity contribution is 6.46. The maximum atomic E-state index is 13.7. The molecule has 0 saturated heterocycles. The van der Waals surface area contributed by atoms with Gasteiger partial charge >= 0.3 is 0 Å². The number of halogens is 2. The van der Waals surface area contributed by atoms with E-state index in [2.05, 4.69) is 5.32 Å². The number of hydrogen-bond donors (Lipinski definition) is 1. The van der Waals surface area contributed by atoms with Crippen LogP contribution in [0, 0.1) is 27.7 Å². The van der Waals surface area contributed by atoms with Gasteiger partial charge in [-0.05, 0) is 80.3 Å². The molecule has 0 aliphatic carbocycles. The van der Waals surface area contributed by atoms with Gasteiger partial charge in [-0.1, -0.05) is 53.0 Å². The quantitative estimate of drug-likeness (QED) is 0.441. The molecule has 1 heterocycles. The largest absolute Gasteiger partial charge is 0.350 e. The Balaban J connectivity index is 1.88. The van der Waals surface area contributed by atoms with Gasteiger partial charge in [-0.15, -0.1) is 0 Å². The van der Waals surface area contributed by atoms with Crippen LogP contribution in [0.15, 0.2) is 60.3 Å². The molecule has 4 nitrogen and oxygen atoms in total. The Morgan fingerprint density at radius 3 is 2.16 bits per heavy atom. The van der Waals surface area contributed by atoms with Crippen molar-refractivity contribution in [3.63, 3.8) is 0 Å². The van der Waals surface area contributed by atoms with Crippen LogP contribution in [0.25, 0.3) is 5.57 Å². The Bertz CT molecular complexity index is 1310. The molecule has 1 N–H and O–H groups in total. The van der Waals surface area contributed by atoms with E-state index in [1.807, 2.05) is 58.0 Å². The average molecular weight is 465 g/mol. The highest BCUT2D eigenvalue weighted by Gasteiger charge is 2.41. The van der Waals surface area contributed by atoms with Crippen LogP contribution in [0.2, 0.25) is 10.0 Å². The Hall–Kier alpha value is -3.08. The lowest BCUT2D eigenvalue weighted by molar-refractivity contribution is -0.120. The molecule has 1 aliphatic rings. The van der Waals surface area contributed by atoms with Crippen LogP contribution in [0.5, 0.6) is 0 Å². The summed E-state index contributed by atoms with van der Waals surface area (Å²) in [4.78, 5) is 28.5. The fourth-order valence-corrected chi connectivity index (χ4v) is 4.30. The number of carbonyl (C=O) groups is 2. The second-order valence-electron chi connectivity index (χ2n) is 8.03. The maximum absolute atomic E-state index is 13.7. The van der Waals surface area contributed by atoms with Gasteiger partial charge in [0.15, 0.2) is 0 Å². The summed E-state index contributed by atoms with van der Waals surface area (Å²) in [5, 5.41) is 4.28. The Morgan fingerprint density at radius 1 is 0.750 bits per heavy atom. The second-order valence-corrected chi connectivity index (χ2v) is 8.88. The summed E-state index contributed by atoms with van der Waals surface area (Å²) in [6.07, 6.45) is 0. The molecule has 2 amide bonds. The highest BCUT2D eigenvalue weighted by Crippen LogP contribution is 2.37. The summed E-state index contributed by atoms with van der Waals surface area (Å²) >= 11 is 12.4. The van der Waals surface area contributed by atoms with Crippen LogP contribution in [0.1, 0.15) is 27.8 Å². The molecular formula is C26H22Cl2N2O2. The first kappa shape index (κ1) is 22.1. The number of hydrogen-bond acceptors (Lipinski definition) is 3. The molecule has 3 aromatic rings. The third kappa shape index (κ3) is 3.92. The molecule has 0 bridgehead atoms. The number of amides is 2. The zero-order chi connectivity index (χ0) is 23.2. The summed E-state index contributed by atoms with van der Waals surface area (Å²) in [5.41, 5.74) is 6.05. The zero-order valence-corrected chi connectivity index (χ0v) is 19.7. The van der Waals surface area contributed by atoms with Gasteiger partial charge in [-0.3, -0.25) is 9.59 Å². The number of rotatable bonds is 4. The third-order valence-electron chi connectivity index (χ3n) is 5.58. The number of carbonyl (C=O) groups excluding carboxylic acids is 2. The molecule has 0 unspecified atom stereocenters. The van der Waals surface area contributed by atoms with Crippen molar-refractivity contribution in [3.8, 4) is 0 Å². The number of nitrogens with zero attached hydrogens (tertiary/aromatic N) is 1. The van der Waals surface area contributed by atoms with Crippen LogP contribution in [-0.4, -0.2) is 11.8 Å². The minimum atomic E-state index is -0.424. The Labute approximate surface area is 197 Å². The third-order valence-corrected chi connectivity index (χ3v) is 6.22. The van der Waals surface area contributed by atoms with E-state index in [0.717, 1.165) is 22.3 Å². The van der Waals surface area contributed by atoms with Crippen molar-refractivity contribution in [2.75, 3.05) is 10.2 Å². The Kier molecular flexibility index (Phi) is 5.85. The highest BCUT2D eigenvalue weighted by atomic mass is 35.5. The Morgan fingerprint density at radius 2 is 1.50 bits per heavy atom. The van der Waals surface area contributed by atoms with E-state index >= 15 is 0 Å². The molecule has 0 aromatic heterocycles. The summed E-state index contributed by atoms with van der Waals surface area (Å²) < 4.78 is 0. The minimum Gasteiger partial charge on any atom is -0.350 e. The first-order chi connectivity index (χ1) is 15.2. The van der Waals surface area contributed by atoms with Crippen molar-refractivity contribution in [2.24, 2.45) is 0 Å². The van der Waals surface area contributed by atoms with E-state index in [1.54, 1.807) is 24.3 Å². The minimum absolute atomic E-state index is 0.219. The van der Waals surface area contributed by atoms with Crippen molar-refractivity contribution in [1.29, 1.82) is 0 Å². The van der Waals surface area contributed by atoms with Crippen molar-refractivity contribution < 1.29 is 9.59 Å². The van der Waals surface area contributed by atoms with Crippen molar-refractivity contribution >= 4 is 52.0 Å². The van der Waals surface area contributed by atoms with Crippen LogP contribution >= 0.6 is 23.2 Å². The number of nitrogens with one attached hydrogen (secondary N) is 1. The average Bonchev–Trinajstić information content (AvgIpc) is 2.95. The molecule has 6 heteroatoms. The van der Waals surface area contributed by atoms with E-state index in [4.69, 9.17) is 23.2 Å². The summed E-state index contributed by atoms with van der Waals surface area (Å²) in [7, 11) is 0. The number of benzene rings is 3. The van der Waals surface area contributed by atoms with Gasteiger partial charge < -0.3 is 5.32 Å². The lowest BCUT2D eigenvalue weighted by Crippen LogP contribution is -2.33. The van der Waals surface area contributed by atoms with Crippen molar-refractivity contribution in [1.82, 2.24) is 0 Å². The van der Waals surface area contributed by atoms with Crippen molar-refractivity contribution in [2.45, 2.75) is 27.7 Å². The van der Waals surface area contributed by atoms with Gasteiger partial charge in [0, 0.05) is 15.7 Å². The lowest BCUT2D eigenvalue weighted by Gasteiger charge is -2.18. The molecule has 0 saturated carbocycles. The van der Waals surface area contributed by atoms with Crippen molar-refractivity contribution in [3.05, 3.63) is 98.2 Å². The van der Waals surface area contributed by atoms with Crippen LogP contribution in [0.3, 0.4) is 0 Å². The molecule has 0 fully saturated rings. The smallest absolute Gasteiger partial charge is 0.282 e. The molecule has 0 atom stereocenters. The monoisotopic (exact) mass is 464 g/mol. The normalized spacial score (nSPS) is 13.9. The van der Waals surface area contributed by atoms with E-state index in [1.165, 1.54) is 4.90 Å². The summed E-state index contributed by atoms with van der Waals surface area (Å²) in [6.45, 7) is 7.65. The van der Waals surface area contributed by atoms with Gasteiger partial charge in [-0.25, -0.2) is 4.90 Å². The molecule has 0 radical (unpaired) electrons. The maximum Gasteiger partial charge on any atom is 0.282 e. The van der Waals surface area contributed by atoms with Crippen LogP contribution in [0.4, 0.5) is 11.4 Å². The fraction of sp³-hybridized carbons (Fsp3) is 0.154. The summed E-state index contributed by atoms with van der Waals surface area (Å²) in [5.74, 6) is -0.805. The lowest BCUT2D eigenvalue weighted by atomic mass is 9.97. The molecule has 0 spiro atoms. The van der Waals surface area contributed by atoms with E-state index in [-0.39, 0.29) is 11.6 Å². The topological polar surface area (TPSA) is 49.4 Å². The second kappa shape index (κ2) is 8.45. The first-order valence-electron chi connectivity index (χ1n) is 10.2. The van der Waals surface area contributed by atoms with Gasteiger partial charge in [-0.2, -0.15) is 0 Å². The van der Waals surface area contributed by atoms with Gasteiger partial charge in [0.2, 0.25) is 0 Å². The van der Waals surface area contributed by atoms with Gasteiger partial charge in [0.05, 0.1) is 11.3 Å². The van der Waals surface area contributed by atoms with E-state index < -0.39 is 5.91 Å². The number of imide groups is 1. The first-order valence-corrected chi connectivity index (χ1v) is 10.9. The molecular weight excluding hydrogens is 443 g/mol. The summed E-state index contributed by atoms with van der Waals surface area (Å²) in [6, 6.07) is 16.4. The SMILES string of the molecule is Cc1ccc(C2=C(Nc3ccc(C)c(Cl)c3)C(=O)N(c3ccc(Cl)cc3C)C2=O)c(C)c1. The van der Waals surface area contributed by atoms with Crippen LogP contribution < -0.4 is 10.2 Å².